The molecule has 2 rings (SSSR count). The van der Waals surface area contributed by atoms with Gasteiger partial charge in [-0.05, 0) is 13.8 Å². The Bertz CT molecular complexity index is 311. The van der Waals surface area contributed by atoms with Crippen LogP contribution in [0.4, 0.5) is 0 Å². The van der Waals surface area contributed by atoms with Crippen LogP contribution in [0.3, 0.4) is 0 Å². The predicted octanol–water partition coefficient (Wildman–Crippen LogP) is 1.26. The van der Waals surface area contributed by atoms with Gasteiger partial charge >= 0.3 is 0 Å². The zero-order chi connectivity index (χ0) is 13.4. The molecule has 2 N–H and O–H groups in total. The van der Waals surface area contributed by atoms with Crippen molar-refractivity contribution in [2.24, 2.45) is 5.92 Å². The van der Waals surface area contributed by atoms with Crippen molar-refractivity contribution in [1.82, 2.24) is 0 Å². The predicted molar refractivity (Wildman–Crippen MR) is 69.3 cm³/mol. The van der Waals surface area contributed by atoms with E-state index in [4.69, 9.17) is 19.7 Å². The van der Waals surface area contributed by atoms with Crippen molar-refractivity contribution in [2.75, 3.05) is 26.6 Å². The van der Waals surface area contributed by atoms with Crippen LogP contribution in [-0.2, 0) is 9.47 Å². The van der Waals surface area contributed by atoms with Crippen molar-refractivity contribution >= 4 is 0 Å². The molecule has 0 radical (unpaired) electrons. The second-order valence-corrected chi connectivity index (χ2v) is 4.48. The van der Waals surface area contributed by atoms with Gasteiger partial charge in [0, 0.05) is 5.92 Å². The standard InChI is InChI=1S/C8H10.C6H12O4/c1-7-4-3-5-8(2)6-7;7-1-5-3-9-4-10-6(5)2-8/h3-6H,1-2H3;5-8H,1-4H2. The summed E-state index contributed by atoms with van der Waals surface area (Å²) in [5, 5.41) is 17.4. The first kappa shape index (κ1) is 15.1. The molecular formula is C14H22O4. The summed E-state index contributed by atoms with van der Waals surface area (Å²) in [6.45, 7) is 4.86. The van der Waals surface area contributed by atoms with Crippen molar-refractivity contribution < 1.29 is 19.7 Å². The van der Waals surface area contributed by atoms with Gasteiger partial charge in [0.2, 0.25) is 0 Å². The number of benzene rings is 1. The lowest BCUT2D eigenvalue weighted by Crippen LogP contribution is -2.38. The van der Waals surface area contributed by atoms with Gasteiger partial charge in [-0.25, -0.2) is 0 Å². The third-order valence-electron chi connectivity index (χ3n) is 2.81. The molecule has 0 bridgehead atoms. The smallest absolute Gasteiger partial charge is 0.147 e. The molecule has 4 heteroatoms. The zero-order valence-electron chi connectivity index (χ0n) is 11.0. The fraction of sp³-hybridized carbons (Fsp3) is 0.571. The molecule has 2 atom stereocenters. The summed E-state index contributed by atoms with van der Waals surface area (Å²) in [6, 6.07) is 8.45. The average Bonchev–Trinajstić information content (AvgIpc) is 2.39. The summed E-state index contributed by atoms with van der Waals surface area (Å²) in [5.74, 6) is -0.0706. The van der Waals surface area contributed by atoms with Crippen molar-refractivity contribution in [3.05, 3.63) is 35.4 Å². The third kappa shape index (κ3) is 5.14. The molecule has 18 heavy (non-hydrogen) atoms. The SMILES string of the molecule is Cc1cccc(C)c1.OCC1COCOC1CO. The monoisotopic (exact) mass is 254 g/mol. The first-order valence-corrected chi connectivity index (χ1v) is 6.11. The molecule has 102 valence electrons. The highest BCUT2D eigenvalue weighted by atomic mass is 16.7. The summed E-state index contributed by atoms with van der Waals surface area (Å²) >= 11 is 0. The van der Waals surface area contributed by atoms with Crippen LogP contribution < -0.4 is 0 Å². The van der Waals surface area contributed by atoms with Crippen molar-refractivity contribution in [3.63, 3.8) is 0 Å². The molecule has 1 saturated heterocycles. The molecule has 0 aromatic heterocycles. The zero-order valence-corrected chi connectivity index (χ0v) is 11.0. The van der Waals surface area contributed by atoms with Crippen LogP contribution >= 0.6 is 0 Å². The molecule has 0 spiro atoms. The van der Waals surface area contributed by atoms with Crippen LogP contribution in [-0.4, -0.2) is 42.9 Å². The minimum atomic E-state index is -0.251. The lowest BCUT2D eigenvalue weighted by Gasteiger charge is -2.28. The van der Waals surface area contributed by atoms with E-state index in [2.05, 4.69) is 38.1 Å². The van der Waals surface area contributed by atoms with Crippen LogP contribution in [0.25, 0.3) is 0 Å². The van der Waals surface area contributed by atoms with Gasteiger partial charge in [-0.2, -0.15) is 0 Å². The number of aliphatic hydroxyl groups excluding tert-OH is 2. The van der Waals surface area contributed by atoms with E-state index in [0.717, 1.165) is 0 Å². The molecule has 0 aliphatic carbocycles. The third-order valence-corrected chi connectivity index (χ3v) is 2.81. The largest absolute Gasteiger partial charge is 0.396 e. The van der Waals surface area contributed by atoms with E-state index in [1.54, 1.807) is 0 Å². The van der Waals surface area contributed by atoms with E-state index >= 15 is 0 Å². The summed E-state index contributed by atoms with van der Waals surface area (Å²) in [5.41, 5.74) is 2.68. The maximum Gasteiger partial charge on any atom is 0.147 e. The molecule has 0 saturated carbocycles. The Morgan fingerprint density at radius 1 is 1.17 bits per heavy atom. The summed E-state index contributed by atoms with van der Waals surface area (Å²) in [7, 11) is 0. The molecule has 4 nitrogen and oxygen atoms in total. The lowest BCUT2D eigenvalue weighted by atomic mass is 10.1. The van der Waals surface area contributed by atoms with Crippen LogP contribution in [0.5, 0.6) is 0 Å². The van der Waals surface area contributed by atoms with Crippen LogP contribution in [0.2, 0.25) is 0 Å². The highest BCUT2D eigenvalue weighted by Gasteiger charge is 2.24. The quantitative estimate of drug-likeness (QED) is 0.834. The van der Waals surface area contributed by atoms with Crippen molar-refractivity contribution in [2.45, 2.75) is 20.0 Å². The molecule has 1 heterocycles. The minimum Gasteiger partial charge on any atom is -0.396 e. The van der Waals surface area contributed by atoms with Crippen LogP contribution in [0.15, 0.2) is 24.3 Å². The second-order valence-electron chi connectivity index (χ2n) is 4.48. The highest BCUT2D eigenvalue weighted by Crippen LogP contribution is 2.12. The van der Waals surface area contributed by atoms with E-state index in [1.807, 2.05) is 0 Å². The number of aliphatic hydroxyl groups is 2. The van der Waals surface area contributed by atoms with Gasteiger partial charge in [0.05, 0.1) is 25.9 Å². The Labute approximate surface area is 108 Å². The molecule has 1 aliphatic rings. The fourth-order valence-corrected chi connectivity index (χ4v) is 1.76. The van der Waals surface area contributed by atoms with E-state index in [1.165, 1.54) is 11.1 Å². The molecule has 1 aliphatic heterocycles. The Hall–Kier alpha value is -0.940. The van der Waals surface area contributed by atoms with Gasteiger partial charge in [0.25, 0.3) is 0 Å². The second kappa shape index (κ2) is 8.21. The normalized spacial score (nSPS) is 23.1. The van der Waals surface area contributed by atoms with Gasteiger partial charge in [0.1, 0.15) is 6.79 Å². The first-order valence-electron chi connectivity index (χ1n) is 6.11. The Kier molecular flexibility index (Phi) is 6.90. The summed E-state index contributed by atoms with van der Waals surface area (Å²) in [6.07, 6.45) is -0.251. The summed E-state index contributed by atoms with van der Waals surface area (Å²) in [4.78, 5) is 0. The summed E-state index contributed by atoms with van der Waals surface area (Å²) < 4.78 is 9.91. The molecule has 0 amide bonds. The number of rotatable bonds is 2. The number of hydrogen-bond acceptors (Lipinski definition) is 4. The molecule has 1 fully saturated rings. The number of ether oxygens (including phenoxy) is 2. The van der Waals surface area contributed by atoms with E-state index < -0.39 is 0 Å². The average molecular weight is 254 g/mol. The Morgan fingerprint density at radius 3 is 2.22 bits per heavy atom. The maximum atomic E-state index is 8.72. The van der Waals surface area contributed by atoms with Gasteiger partial charge in [0.15, 0.2) is 0 Å². The number of aryl methyl sites for hydroxylation is 2. The number of hydrogen-bond donors (Lipinski definition) is 2. The van der Waals surface area contributed by atoms with Gasteiger partial charge < -0.3 is 19.7 Å². The van der Waals surface area contributed by atoms with E-state index in [9.17, 15) is 0 Å². The van der Waals surface area contributed by atoms with Crippen LogP contribution in [0, 0.1) is 19.8 Å². The fourth-order valence-electron chi connectivity index (χ4n) is 1.76. The first-order chi connectivity index (χ1) is 8.67. The van der Waals surface area contributed by atoms with Crippen molar-refractivity contribution in [1.29, 1.82) is 0 Å². The minimum absolute atomic E-state index is 0.00519. The molecular weight excluding hydrogens is 232 g/mol. The highest BCUT2D eigenvalue weighted by molar-refractivity contribution is 5.20. The topological polar surface area (TPSA) is 58.9 Å². The molecule has 1 aromatic rings. The van der Waals surface area contributed by atoms with Gasteiger partial charge in [-0.15, -0.1) is 0 Å². The Balaban J connectivity index is 0.000000184. The molecule has 2 unspecified atom stereocenters. The van der Waals surface area contributed by atoms with Crippen molar-refractivity contribution in [3.8, 4) is 0 Å². The Morgan fingerprint density at radius 2 is 1.83 bits per heavy atom. The van der Waals surface area contributed by atoms with E-state index in [0.29, 0.717) is 6.61 Å². The van der Waals surface area contributed by atoms with Gasteiger partial charge in [-0.1, -0.05) is 35.4 Å². The lowest BCUT2D eigenvalue weighted by molar-refractivity contribution is -0.187. The van der Waals surface area contributed by atoms with E-state index in [-0.39, 0.29) is 32.0 Å². The molecule has 1 aromatic carbocycles. The maximum absolute atomic E-state index is 8.72. The van der Waals surface area contributed by atoms with Gasteiger partial charge in [-0.3, -0.25) is 0 Å². The van der Waals surface area contributed by atoms with Crippen LogP contribution in [0.1, 0.15) is 11.1 Å².